The van der Waals surface area contributed by atoms with E-state index in [0.29, 0.717) is 12.3 Å². The maximum atomic E-state index is 11.7. The summed E-state index contributed by atoms with van der Waals surface area (Å²) in [6.45, 7) is 0.362. The number of amides is 1. The van der Waals surface area contributed by atoms with E-state index in [1.807, 2.05) is 24.3 Å². The Kier molecular flexibility index (Phi) is 4.05. The monoisotopic (exact) mass is 295 g/mol. The van der Waals surface area contributed by atoms with Crippen molar-refractivity contribution in [3.63, 3.8) is 0 Å². The van der Waals surface area contributed by atoms with Gasteiger partial charge in [-0.3, -0.25) is 4.79 Å². The first-order valence-electron chi connectivity index (χ1n) is 6.63. The molecule has 3 aromatic rings. The standard InChI is InChI=1S/C15H13N5O2/c21-15(16-10-14-5-2-8-22-14)7-6-12-3-1-4-13(9-12)20-11-17-18-19-20/h1-9,11H,10H2,(H,16,21)/b7-6+. The van der Waals surface area contributed by atoms with Crippen LogP contribution in [0.25, 0.3) is 11.8 Å². The van der Waals surface area contributed by atoms with Crippen molar-refractivity contribution in [3.05, 3.63) is 66.4 Å². The van der Waals surface area contributed by atoms with Crippen LogP contribution in [0.1, 0.15) is 11.3 Å². The molecule has 22 heavy (non-hydrogen) atoms. The van der Waals surface area contributed by atoms with Crippen molar-refractivity contribution in [2.45, 2.75) is 6.54 Å². The van der Waals surface area contributed by atoms with Gasteiger partial charge in [-0.05, 0) is 46.3 Å². The molecule has 2 aromatic heterocycles. The van der Waals surface area contributed by atoms with Crippen molar-refractivity contribution >= 4 is 12.0 Å². The van der Waals surface area contributed by atoms with E-state index in [0.717, 1.165) is 11.3 Å². The smallest absolute Gasteiger partial charge is 0.244 e. The molecular weight excluding hydrogens is 282 g/mol. The molecule has 0 unspecified atom stereocenters. The summed E-state index contributed by atoms with van der Waals surface area (Å²) in [6, 6.07) is 11.1. The Morgan fingerprint density at radius 1 is 1.32 bits per heavy atom. The summed E-state index contributed by atoms with van der Waals surface area (Å²) >= 11 is 0. The number of furan rings is 1. The van der Waals surface area contributed by atoms with Crippen molar-refractivity contribution < 1.29 is 9.21 Å². The highest BCUT2D eigenvalue weighted by molar-refractivity contribution is 5.91. The van der Waals surface area contributed by atoms with Gasteiger partial charge in [0.05, 0.1) is 18.5 Å². The van der Waals surface area contributed by atoms with Gasteiger partial charge >= 0.3 is 0 Å². The lowest BCUT2D eigenvalue weighted by atomic mass is 10.2. The Labute approximate surface area is 126 Å². The molecular formula is C15H13N5O2. The molecule has 1 amide bonds. The number of benzene rings is 1. The minimum Gasteiger partial charge on any atom is -0.467 e. The molecule has 0 fully saturated rings. The second-order valence-electron chi connectivity index (χ2n) is 4.48. The second kappa shape index (κ2) is 6.49. The van der Waals surface area contributed by atoms with E-state index in [2.05, 4.69) is 20.8 Å². The van der Waals surface area contributed by atoms with Crippen molar-refractivity contribution in [2.24, 2.45) is 0 Å². The van der Waals surface area contributed by atoms with Gasteiger partial charge < -0.3 is 9.73 Å². The summed E-state index contributed by atoms with van der Waals surface area (Å²) in [5.74, 6) is 0.520. The van der Waals surface area contributed by atoms with Gasteiger partial charge in [0.15, 0.2) is 0 Å². The van der Waals surface area contributed by atoms with Crippen LogP contribution >= 0.6 is 0 Å². The van der Waals surface area contributed by atoms with Gasteiger partial charge in [0, 0.05) is 6.08 Å². The molecule has 0 atom stereocenters. The van der Waals surface area contributed by atoms with Crippen LogP contribution in [0.2, 0.25) is 0 Å². The summed E-state index contributed by atoms with van der Waals surface area (Å²) in [7, 11) is 0. The van der Waals surface area contributed by atoms with Crippen LogP contribution in [0.5, 0.6) is 0 Å². The van der Waals surface area contributed by atoms with Gasteiger partial charge in [-0.15, -0.1) is 5.10 Å². The predicted octanol–water partition coefficient (Wildman–Crippen LogP) is 1.58. The first kappa shape index (κ1) is 13.7. The Balaban J connectivity index is 1.62. The van der Waals surface area contributed by atoms with Crippen LogP contribution in [0.15, 0.2) is 59.5 Å². The maximum absolute atomic E-state index is 11.7. The first-order chi connectivity index (χ1) is 10.8. The van der Waals surface area contributed by atoms with Crippen molar-refractivity contribution in [2.75, 3.05) is 0 Å². The molecule has 1 N–H and O–H groups in total. The lowest BCUT2D eigenvalue weighted by Gasteiger charge is -2.01. The molecule has 7 nitrogen and oxygen atoms in total. The largest absolute Gasteiger partial charge is 0.467 e. The van der Waals surface area contributed by atoms with E-state index in [9.17, 15) is 4.79 Å². The molecule has 0 bridgehead atoms. The first-order valence-corrected chi connectivity index (χ1v) is 6.63. The number of hydrogen-bond donors (Lipinski definition) is 1. The minimum atomic E-state index is -0.191. The Bertz CT molecular complexity index is 763. The fourth-order valence-electron chi connectivity index (χ4n) is 1.87. The lowest BCUT2D eigenvalue weighted by Crippen LogP contribution is -2.19. The third kappa shape index (κ3) is 3.45. The van der Waals surface area contributed by atoms with E-state index < -0.39 is 0 Å². The predicted molar refractivity (Wildman–Crippen MR) is 78.7 cm³/mol. The zero-order valence-corrected chi connectivity index (χ0v) is 11.6. The van der Waals surface area contributed by atoms with Crippen LogP contribution < -0.4 is 5.32 Å². The van der Waals surface area contributed by atoms with Crippen LogP contribution in [0.3, 0.4) is 0 Å². The third-order valence-electron chi connectivity index (χ3n) is 2.93. The van der Waals surface area contributed by atoms with Crippen molar-refractivity contribution in [3.8, 4) is 5.69 Å². The van der Waals surface area contributed by atoms with E-state index in [1.165, 1.54) is 12.4 Å². The SMILES string of the molecule is O=C(/C=C/c1cccc(-n2cnnn2)c1)NCc1ccco1. The van der Waals surface area contributed by atoms with Gasteiger partial charge in [0.2, 0.25) is 5.91 Å². The molecule has 0 saturated carbocycles. The van der Waals surface area contributed by atoms with Gasteiger partial charge in [-0.25, -0.2) is 4.68 Å². The summed E-state index contributed by atoms with van der Waals surface area (Å²) in [5.41, 5.74) is 1.70. The number of rotatable bonds is 5. The molecule has 110 valence electrons. The van der Waals surface area contributed by atoms with Gasteiger partial charge in [0.25, 0.3) is 0 Å². The second-order valence-corrected chi connectivity index (χ2v) is 4.48. The van der Waals surface area contributed by atoms with Crippen LogP contribution in [-0.4, -0.2) is 26.1 Å². The molecule has 0 aliphatic rings. The van der Waals surface area contributed by atoms with Gasteiger partial charge in [-0.2, -0.15) is 0 Å². The fourth-order valence-corrected chi connectivity index (χ4v) is 1.87. The van der Waals surface area contributed by atoms with Gasteiger partial charge in [-0.1, -0.05) is 12.1 Å². The summed E-state index contributed by atoms with van der Waals surface area (Å²) in [5, 5.41) is 13.7. The van der Waals surface area contributed by atoms with Crippen LogP contribution in [-0.2, 0) is 11.3 Å². The normalized spacial score (nSPS) is 10.9. The molecule has 0 saturated heterocycles. The number of carbonyl (C=O) groups excluding carboxylic acids is 1. The zero-order chi connectivity index (χ0) is 15.2. The number of nitrogens with zero attached hydrogens (tertiary/aromatic N) is 4. The minimum absolute atomic E-state index is 0.191. The molecule has 2 heterocycles. The van der Waals surface area contributed by atoms with Crippen molar-refractivity contribution in [1.29, 1.82) is 0 Å². The Morgan fingerprint density at radius 2 is 2.27 bits per heavy atom. The van der Waals surface area contributed by atoms with E-state index in [1.54, 1.807) is 29.2 Å². The highest BCUT2D eigenvalue weighted by Gasteiger charge is 2.00. The number of carbonyl (C=O) groups is 1. The Morgan fingerprint density at radius 3 is 3.05 bits per heavy atom. The molecule has 0 aliphatic carbocycles. The van der Waals surface area contributed by atoms with Crippen LogP contribution in [0, 0.1) is 0 Å². The number of nitrogens with one attached hydrogen (secondary N) is 1. The average Bonchev–Trinajstić information content (AvgIpc) is 3.24. The molecule has 0 aliphatic heterocycles. The molecule has 3 rings (SSSR count). The van der Waals surface area contributed by atoms with E-state index in [-0.39, 0.29) is 5.91 Å². The zero-order valence-electron chi connectivity index (χ0n) is 11.6. The number of aromatic nitrogens is 4. The molecule has 0 radical (unpaired) electrons. The summed E-state index contributed by atoms with van der Waals surface area (Å²) in [4.78, 5) is 11.7. The molecule has 1 aromatic carbocycles. The lowest BCUT2D eigenvalue weighted by molar-refractivity contribution is -0.116. The topological polar surface area (TPSA) is 85.8 Å². The summed E-state index contributed by atoms with van der Waals surface area (Å²) < 4.78 is 6.69. The maximum Gasteiger partial charge on any atom is 0.244 e. The van der Waals surface area contributed by atoms with E-state index in [4.69, 9.17) is 4.42 Å². The quantitative estimate of drug-likeness (QED) is 0.722. The number of hydrogen-bond acceptors (Lipinski definition) is 5. The van der Waals surface area contributed by atoms with Gasteiger partial charge in [0.1, 0.15) is 12.1 Å². The van der Waals surface area contributed by atoms with Crippen molar-refractivity contribution in [1.82, 2.24) is 25.5 Å². The molecule has 0 spiro atoms. The fraction of sp³-hybridized carbons (Fsp3) is 0.0667. The van der Waals surface area contributed by atoms with E-state index >= 15 is 0 Å². The average molecular weight is 295 g/mol. The summed E-state index contributed by atoms with van der Waals surface area (Å²) in [6.07, 6.45) is 6.29. The highest BCUT2D eigenvalue weighted by atomic mass is 16.3. The Hall–Kier alpha value is -3.22. The number of tetrazole rings is 1. The highest BCUT2D eigenvalue weighted by Crippen LogP contribution is 2.10. The third-order valence-corrected chi connectivity index (χ3v) is 2.93. The van der Waals surface area contributed by atoms with Crippen LogP contribution in [0.4, 0.5) is 0 Å². The molecule has 7 heteroatoms.